The van der Waals surface area contributed by atoms with Gasteiger partial charge < -0.3 is 21.6 Å². The maximum absolute atomic E-state index is 5.87. The van der Waals surface area contributed by atoms with Crippen LogP contribution in [0.5, 0.6) is 0 Å². The molecule has 0 amide bonds. The molecule has 118 valence electrons. The van der Waals surface area contributed by atoms with Gasteiger partial charge in [-0.3, -0.25) is 0 Å². The van der Waals surface area contributed by atoms with E-state index in [9.17, 15) is 0 Å². The fourth-order valence-electron chi connectivity index (χ4n) is 2.36. The molecule has 0 heterocycles. The molecule has 3 heteroatoms. The standard InChI is InChI=1S/C16H36NO.ClH/c1-5-9-10-11-12-13-14-15-18-16-17(6-2,7-3)8-4;/h5-16H2,1-4H3;1H/q+1;/p-1. The monoisotopic (exact) mass is 293 g/mol. The second-order valence-electron chi connectivity index (χ2n) is 5.45. The zero-order valence-corrected chi connectivity index (χ0v) is 14.5. The highest BCUT2D eigenvalue weighted by Crippen LogP contribution is 2.09. The van der Waals surface area contributed by atoms with Crippen LogP contribution in [0.1, 0.15) is 72.6 Å². The molecule has 0 rings (SSSR count). The van der Waals surface area contributed by atoms with E-state index in [0.717, 1.165) is 17.8 Å². The first-order valence-corrected chi connectivity index (χ1v) is 8.17. The third kappa shape index (κ3) is 10.6. The predicted octanol–water partition coefficient (Wildman–Crippen LogP) is 1.59. The Morgan fingerprint density at radius 3 is 1.63 bits per heavy atom. The van der Waals surface area contributed by atoms with Gasteiger partial charge in [0.2, 0.25) is 0 Å². The van der Waals surface area contributed by atoms with Gasteiger partial charge in [0, 0.05) is 0 Å². The third-order valence-corrected chi connectivity index (χ3v) is 4.27. The lowest BCUT2D eigenvalue weighted by atomic mass is 10.1. The largest absolute Gasteiger partial charge is 1.00 e. The van der Waals surface area contributed by atoms with E-state index in [1.807, 2.05) is 0 Å². The highest BCUT2D eigenvalue weighted by Gasteiger charge is 2.20. The van der Waals surface area contributed by atoms with Crippen LogP contribution < -0.4 is 12.4 Å². The van der Waals surface area contributed by atoms with E-state index in [-0.39, 0.29) is 12.4 Å². The Labute approximate surface area is 127 Å². The second-order valence-corrected chi connectivity index (χ2v) is 5.45. The van der Waals surface area contributed by atoms with Crippen molar-refractivity contribution in [2.24, 2.45) is 0 Å². The van der Waals surface area contributed by atoms with Crippen molar-refractivity contribution in [2.75, 3.05) is 33.0 Å². The van der Waals surface area contributed by atoms with Crippen LogP contribution in [0.25, 0.3) is 0 Å². The summed E-state index contributed by atoms with van der Waals surface area (Å²) in [5, 5.41) is 0. The Balaban J connectivity index is 0. The average molecular weight is 294 g/mol. The van der Waals surface area contributed by atoms with Crippen molar-refractivity contribution in [1.82, 2.24) is 0 Å². The molecule has 0 aliphatic rings. The van der Waals surface area contributed by atoms with Gasteiger partial charge in [0.25, 0.3) is 0 Å². The van der Waals surface area contributed by atoms with E-state index in [2.05, 4.69) is 27.7 Å². The van der Waals surface area contributed by atoms with Crippen LogP contribution in [0, 0.1) is 0 Å². The smallest absolute Gasteiger partial charge is 0.183 e. The molecule has 0 aliphatic carbocycles. The SMILES string of the molecule is CCCCCCCCCOC[N+](CC)(CC)CC.[Cl-]. The number of hydrogen-bond acceptors (Lipinski definition) is 1. The molecule has 0 saturated heterocycles. The first kappa shape index (κ1) is 21.5. The average Bonchev–Trinajstić information content (AvgIpc) is 2.42. The van der Waals surface area contributed by atoms with E-state index in [4.69, 9.17) is 4.74 Å². The first-order chi connectivity index (χ1) is 8.74. The summed E-state index contributed by atoms with van der Waals surface area (Å²) in [4.78, 5) is 0. The molecule has 0 saturated carbocycles. The van der Waals surface area contributed by atoms with E-state index in [1.165, 1.54) is 64.6 Å². The summed E-state index contributed by atoms with van der Waals surface area (Å²) in [6, 6.07) is 0. The van der Waals surface area contributed by atoms with Gasteiger partial charge in [0.1, 0.15) is 0 Å². The lowest BCUT2D eigenvalue weighted by molar-refractivity contribution is -0.941. The van der Waals surface area contributed by atoms with Gasteiger partial charge in [-0.15, -0.1) is 0 Å². The summed E-state index contributed by atoms with van der Waals surface area (Å²) in [7, 11) is 0. The van der Waals surface area contributed by atoms with E-state index in [1.54, 1.807) is 0 Å². The Morgan fingerprint density at radius 2 is 1.16 bits per heavy atom. The third-order valence-electron chi connectivity index (χ3n) is 4.27. The maximum atomic E-state index is 5.87. The van der Waals surface area contributed by atoms with Crippen LogP contribution in [0.15, 0.2) is 0 Å². The predicted molar refractivity (Wildman–Crippen MR) is 80.7 cm³/mol. The van der Waals surface area contributed by atoms with Crippen molar-refractivity contribution in [3.8, 4) is 0 Å². The van der Waals surface area contributed by atoms with Crippen LogP contribution in [-0.4, -0.2) is 37.5 Å². The number of unbranched alkanes of at least 4 members (excludes halogenated alkanes) is 6. The lowest BCUT2D eigenvalue weighted by Gasteiger charge is -2.35. The van der Waals surface area contributed by atoms with E-state index < -0.39 is 0 Å². The second kappa shape index (κ2) is 14.6. The summed E-state index contributed by atoms with van der Waals surface area (Å²) >= 11 is 0. The van der Waals surface area contributed by atoms with Gasteiger partial charge in [0.15, 0.2) is 6.73 Å². The van der Waals surface area contributed by atoms with E-state index in [0.29, 0.717) is 0 Å². The summed E-state index contributed by atoms with van der Waals surface area (Å²) in [6.07, 6.45) is 9.54. The number of ether oxygens (including phenoxy) is 1. The molecule has 0 aliphatic heterocycles. The van der Waals surface area contributed by atoms with Gasteiger partial charge in [-0.2, -0.15) is 0 Å². The van der Waals surface area contributed by atoms with Crippen LogP contribution in [0.4, 0.5) is 0 Å². The Bertz CT molecular complexity index is 164. The Hall–Kier alpha value is 0.210. The molecule has 0 aromatic heterocycles. The molecule has 19 heavy (non-hydrogen) atoms. The molecule has 0 unspecified atom stereocenters. The number of halogens is 1. The topological polar surface area (TPSA) is 9.23 Å². The Kier molecular flexibility index (Phi) is 16.5. The minimum Gasteiger partial charge on any atom is -1.00 e. The van der Waals surface area contributed by atoms with Crippen molar-refractivity contribution in [1.29, 1.82) is 0 Å². The number of hydrogen-bond donors (Lipinski definition) is 0. The van der Waals surface area contributed by atoms with Crippen LogP contribution in [0.2, 0.25) is 0 Å². The lowest BCUT2D eigenvalue weighted by Crippen LogP contribution is -3.00. The summed E-state index contributed by atoms with van der Waals surface area (Å²) in [5.41, 5.74) is 0. The molecule has 0 aromatic carbocycles. The van der Waals surface area contributed by atoms with Crippen molar-refractivity contribution in [2.45, 2.75) is 72.6 Å². The van der Waals surface area contributed by atoms with Crippen molar-refractivity contribution < 1.29 is 21.6 Å². The fourth-order valence-corrected chi connectivity index (χ4v) is 2.36. The van der Waals surface area contributed by atoms with Gasteiger partial charge in [0.05, 0.1) is 26.2 Å². The zero-order valence-electron chi connectivity index (χ0n) is 13.7. The van der Waals surface area contributed by atoms with Crippen LogP contribution in [-0.2, 0) is 4.74 Å². The van der Waals surface area contributed by atoms with Gasteiger partial charge in [-0.05, 0) is 27.2 Å². The number of rotatable bonds is 13. The van der Waals surface area contributed by atoms with E-state index >= 15 is 0 Å². The molecule has 0 fully saturated rings. The quantitative estimate of drug-likeness (QED) is 0.285. The highest BCUT2D eigenvalue weighted by molar-refractivity contribution is 4.44. The maximum Gasteiger partial charge on any atom is 0.183 e. The minimum atomic E-state index is 0. The molecule has 2 nitrogen and oxygen atoms in total. The van der Waals surface area contributed by atoms with Gasteiger partial charge in [-0.25, -0.2) is 0 Å². The summed E-state index contributed by atoms with van der Waals surface area (Å²) < 4.78 is 6.98. The number of quaternary nitrogens is 1. The minimum absolute atomic E-state index is 0. The van der Waals surface area contributed by atoms with Crippen molar-refractivity contribution in [3.63, 3.8) is 0 Å². The van der Waals surface area contributed by atoms with Gasteiger partial charge in [-0.1, -0.05) is 45.4 Å². The van der Waals surface area contributed by atoms with Crippen LogP contribution in [0.3, 0.4) is 0 Å². The highest BCUT2D eigenvalue weighted by atomic mass is 35.5. The molecule has 0 N–H and O–H groups in total. The molecular formula is C16H36ClNO. The van der Waals surface area contributed by atoms with Gasteiger partial charge >= 0.3 is 0 Å². The molecule has 0 radical (unpaired) electrons. The Morgan fingerprint density at radius 1 is 0.684 bits per heavy atom. The normalized spacial score (nSPS) is 11.4. The van der Waals surface area contributed by atoms with Crippen molar-refractivity contribution >= 4 is 0 Å². The molecule has 0 atom stereocenters. The summed E-state index contributed by atoms with van der Waals surface area (Å²) in [6.45, 7) is 14.5. The molecule has 0 spiro atoms. The van der Waals surface area contributed by atoms with Crippen LogP contribution >= 0.6 is 0 Å². The first-order valence-electron chi connectivity index (χ1n) is 8.17. The number of nitrogens with zero attached hydrogens (tertiary/aromatic N) is 1. The molecule has 0 bridgehead atoms. The van der Waals surface area contributed by atoms with Crippen molar-refractivity contribution in [3.05, 3.63) is 0 Å². The fraction of sp³-hybridized carbons (Fsp3) is 1.00. The summed E-state index contributed by atoms with van der Waals surface area (Å²) in [5.74, 6) is 0. The molecule has 0 aromatic rings. The zero-order chi connectivity index (χ0) is 13.7. The molecular weight excluding hydrogens is 258 g/mol.